The van der Waals surface area contributed by atoms with Crippen molar-refractivity contribution >= 4 is 6.03 Å². The highest BCUT2D eigenvalue weighted by atomic mass is 16.2. The van der Waals surface area contributed by atoms with Crippen molar-refractivity contribution in [3.63, 3.8) is 0 Å². The molecule has 0 aliphatic rings. The van der Waals surface area contributed by atoms with Gasteiger partial charge in [0.2, 0.25) is 0 Å². The van der Waals surface area contributed by atoms with E-state index < -0.39 is 12.1 Å². The molecule has 0 saturated carbocycles. The third-order valence-electron chi connectivity index (χ3n) is 2.17. The summed E-state index contributed by atoms with van der Waals surface area (Å²) >= 11 is 0. The van der Waals surface area contributed by atoms with Crippen LogP contribution < -0.4 is 5.73 Å². The fourth-order valence-corrected chi connectivity index (χ4v) is 1.43. The number of nitrogens with zero attached hydrogens (tertiary/aromatic N) is 2. The van der Waals surface area contributed by atoms with Gasteiger partial charge in [-0.25, -0.2) is 4.79 Å². The highest BCUT2D eigenvalue weighted by Crippen LogP contribution is 2.18. The lowest BCUT2D eigenvalue weighted by Gasteiger charge is -2.23. The average molecular weight is 203 g/mol. The Labute approximate surface area is 88.9 Å². The van der Waals surface area contributed by atoms with Gasteiger partial charge in [-0.2, -0.15) is 5.26 Å². The van der Waals surface area contributed by atoms with Gasteiger partial charge in [-0.3, -0.25) is 0 Å². The molecular formula is C11H13N3O. The number of hydrogen-bond donors (Lipinski definition) is 1. The van der Waals surface area contributed by atoms with Crippen molar-refractivity contribution < 1.29 is 4.79 Å². The minimum absolute atomic E-state index is 0.419. The topological polar surface area (TPSA) is 70.1 Å². The molecule has 0 bridgehead atoms. The van der Waals surface area contributed by atoms with Gasteiger partial charge in [-0.1, -0.05) is 30.3 Å². The van der Waals surface area contributed by atoms with Crippen LogP contribution >= 0.6 is 0 Å². The molecule has 1 aromatic carbocycles. The van der Waals surface area contributed by atoms with Crippen LogP contribution in [0.25, 0.3) is 0 Å². The van der Waals surface area contributed by atoms with E-state index in [2.05, 4.69) is 6.07 Å². The number of carbonyl (C=O) groups excluding carboxylic acids is 1. The summed E-state index contributed by atoms with van der Waals surface area (Å²) in [7, 11) is 0. The molecule has 4 nitrogen and oxygen atoms in total. The van der Waals surface area contributed by atoms with Crippen molar-refractivity contribution in [1.82, 2.24) is 4.90 Å². The first-order valence-corrected chi connectivity index (χ1v) is 4.71. The molecule has 4 heteroatoms. The van der Waals surface area contributed by atoms with Crippen molar-refractivity contribution in [2.75, 3.05) is 6.54 Å². The van der Waals surface area contributed by atoms with Crippen molar-refractivity contribution in [3.8, 4) is 6.07 Å². The second-order valence-electron chi connectivity index (χ2n) is 3.07. The number of urea groups is 1. The standard InChI is InChI=1S/C11H13N3O/c1-2-14(11(13)15)10(8-12)9-6-4-3-5-7-9/h3-7,10H,2H2,1H3,(H2,13,15). The Kier molecular flexibility index (Phi) is 3.69. The van der Waals surface area contributed by atoms with Crippen LogP contribution in [0.3, 0.4) is 0 Å². The summed E-state index contributed by atoms with van der Waals surface area (Å²) in [6, 6.07) is 10.0. The predicted octanol–water partition coefficient (Wildman–Crippen LogP) is 1.65. The van der Waals surface area contributed by atoms with Gasteiger partial charge >= 0.3 is 6.03 Å². The van der Waals surface area contributed by atoms with Crippen LogP contribution in [0.4, 0.5) is 4.79 Å². The molecule has 0 aromatic heterocycles. The maximum absolute atomic E-state index is 11.1. The molecule has 2 amide bonds. The molecule has 78 valence electrons. The third kappa shape index (κ3) is 2.47. The predicted molar refractivity (Wildman–Crippen MR) is 56.8 cm³/mol. The van der Waals surface area contributed by atoms with Crippen molar-refractivity contribution in [2.24, 2.45) is 5.73 Å². The van der Waals surface area contributed by atoms with E-state index in [9.17, 15) is 4.79 Å². The van der Waals surface area contributed by atoms with Crippen molar-refractivity contribution in [1.29, 1.82) is 5.26 Å². The molecule has 0 spiro atoms. The number of nitrogens with two attached hydrogens (primary N) is 1. The number of primary amides is 1. The number of hydrogen-bond acceptors (Lipinski definition) is 2. The Balaban J connectivity index is 2.99. The monoisotopic (exact) mass is 203 g/mol. The maximum atomic E-state index is 11.1. The smallest absolute Gasteiger partial charge is 0.316 e. The van der Waals surface area contributed by atoms with Crippen LogP contribution in [0.2, 0.25) is 0 Å². The van der Waals surface area contributed by atoms with E-state index in [0.717, 1.165) is 5.56 Å². The summed E-state index contributed by atoms with van der Waals surface area (Å²) in [6.07, 6.45) is 0. The molecule has 0 heterocycles. The number of carbonyl (C=O) groups is 1. The highest BCUT2D eigenvalue weighted by Gasteiger charge is 2.20. The Hall–Kier alpha value is -2.02. The minimum atomic E-state index is -0.603. The second kappa shape index (κ2) is 5.01. The lowest BCUT2D eigenvalue weighted by molar-refractivity contribution is 0.200. The Morgan fingerprint density at radius 1 is 1.53 bits per heavy atom. The summed E-state index contributed by atoms with van der Waals surface area (Å²) < 4.78 is 0. The van der Waals surface area contributed by atoms with Crippen LogP contribution in [0.15, 0.2) is 30.3 Å². The van der Waals surface area contributed by atoms with E-state index in [0.29, 0.717) is 6.54 Å². The molecule has 0 aliphatic carbocycles. The summed E-state index contributed by atoms with van der Waals surface area (Å²) in [4.78, 5) is 12.4. The summed E-state index contributed by atoms with van der Waals surface area (Å²) in [5, 5.41) is 9.03. The Bertz CT molecular complexity index is 369. The summed E-state index contributed by atoms with van der Waals surface area (Å²) in [6.45, 7) is 2.21. The molecule has 1 aromatic rings. The quantitative estimate of drug-likeness (QED) is 0.811. The Morgan fingerprint density at radius 3 is 2.53 bits per heavy atom. The SMILES string of the molecule is CCN(C(N)=O)C(C#N)c1ccccc1. The van der Waals surface area contributed by atoms with Gasteiger partial charge < -0.3 is 10.6 Å². The zero-order valence-electron chi connectivity index (χ0n) is 8.55. The molecule has 2 N–H and O–H groups in total. The van der Waals surface area contributed by atoms with Crippen LogP contribution in [-0.4, -0.2) is 17.5 Å². The molecule has 0 fully saturated rings. The van der Waals surface area contributed by atoms with Crippen LogP contribution in [0.5, 0.6) is 0 Å². The first-order valence-electron chi connectivity index (χ1n) is 4.71. The van der Waals surface area contributed by atoms with Gasteiger partial charge in [0.05, 0.1) is 6.07 Å². The lowest BCUT2D eigenvalue weighted by atomic mass is 10.1. The second-order valence-corrected chi connectivity index (χ2v) is 3.07. The molecule has 0 aliphatic heterocycles. The van der Waals surface area contributed by atoms with E-state index in [-0.39, 0.29) is 0 Å². The Morgan fingerprint density at radius 2 is 2.13 bits per heavy atom. The van der Waals surface area contributed by atoms with Gasteiger partial charge in [0.15, 0.2) is 0 Å². The zero-order valence-corrected chi connectivity index (χ0v) is 8.55. The highest BCUT2D eigenvalue weighted by molar-refractivity contribution is 5.73. The number of amides is 2. The van der Waals surface area contributed by atoms with Crippen molar-refractivity contribution in [2.45, 2.75) is 13.0 Å². The molecule has 1 unspecified atom stereocenters. The van der Waals surface area contributed by atoms with E-state index >= 15 is 0 Å². The van der Waals surface area contributed by atoms with Gasteiger partial charge in [-0.15, -0.1) is 0 Å². The molecular weight excluding hydrogens is 190 g/mol. The molecule has 15 heavy (non-hydrogen) atoms. The van der Waals surface area contributed by atoms with E-state index in [4.69, 9.17) is 11.0 Å². The van der Waals surface area contributed by atoms with E-state index in [1.165, 1.54) is 4.90 Å². The van der Waals surface area contributed by atoms with Gasteiger partial charge in [0.1, 0.15) is 6.04 Å². The van der Waals surface area contributed by atoms with Gasteiger partial charge in [-0.05, 0) is 12.5 Å². The molecule has 0 radical (unpaired) electrons. The zero-order chi connectivity index (χ0) is 11.3. The van der Waals surface area contributed by atoms with Gasteiger partial charge in [0, 0.05) is 6.54 Å². The maximum Gasteiger partial charge on any atom is 0.316 e. The summed E-state index contributed by atoms with van der Waals surface area (Å²) in [5.74, 6) is 0. The first-order chi connectivity index (χ1) is 7.20. The lowest BCUT2D eigenvalue weighted by Crippen LogP contribution is -2.38. The molecule has 1 atom stereocenters. The molecule has 1 rings (SSSR count). The van der Waals surface area contributed by atoms with Crippen LogP contribution in [-0.2, 0) is 0 Å². The average Bonchev–Trinajstić information content (AvgIpc) is 2.26. The number of benzene rings is 1. The fraction of sp³-hybridized carbons (Fsp3) is 0.273. The minimum Gasteiger partial charge on any atom is -0.351 e. The van der Waals surface area contributed by atoms with Crippen molar-refractivity contribution in [3.05, 3.63) is 35.9 Å². The first kappa shape index (κ1) is 11.1. The third-order valence-corrected chi connectivity index (χ3v) is 2.17. The summed E-state index contributed by atoms with van der Waals surface area (Å²) in [5.41, 5.74) is 5.98. The van der Waals surface area contributed by atoms with Crippen LogP contribution in [0, 0.1) is 11.3 Å². The van der Waals surface area contributed by atoms with E-state index in [1.807, 2.05) is 18.2 Å². The van der Waals surface area contributed by atoms with E-state index in [1.54, 1.807) is 19.1 Å². The van der Waals surface area contributed by atoms with Gasteiger partial charge in [0.25, 0.3) is 0 Å². The normalized spacial score (nSPS) is 11.5. The molecule has 0 saturated heterocycles. The number of rotatable bonds is 3. The largest absolute Gasteiger partial charge is 0.351 e. The van der Waals surface area contributed by atoms with Crippen LogP contribution in [0.1, 0.15) is 18.5 Å². The fourth-order valence-electron chi connectivity index (χ4n) is 1.43. The number of nitriles is 1.